The summed E-state index contributed by atoms with van der Waals surface area (Å²) in [5, 5.41) is 15.9. The number of aliphatic carboxylic acids is 1. The van der Waals surface area contributed by atoms with E-state index in [0.717, 1.165) is 5.56 Å². The first-order chi connectivity index (χ1) is 10.6. The molecule has 0 radical (unpaired) electrons. The second kappa shape index (κ2) is 7.97. The Kier molecular flexibility index (Phi) is 5.71. The third kappa shape index (κ3) is 5.05. The number of rotatable bonds is 8. The SMILES string of the molecule is O=C(CCCn1cccn1)N[C@H](Cc1ccccc1)C(=O)O. The predicted octanol–water partition coefficient (Wildman–Crippen LogP) is 1.48. The van der Waals surface area contributed by atoms with Gasteiger partial charge in [0.1, 0.15) is 6.04 Å². The van der Waals surface area contributed by atoms with Crippen molar-refractivity contribution in [3.05, 3.63) is 54.4 Å². The van der Waals surface area contributed by atoms with E-state index in [2.05, 4.69) is 10.4 Å². The van der Waals surface area contributed by atoms with E-state index in [9.17, 15) is 14.7 Å². The zero-order chi connectivity index (χ0) is 15.8. The van der Waals surface area contributed by atoms with Crippen molar-refractivity contribution < 1.29 is 14.7 Å². The lowest BCUT2D eigenvalue weighted by atomic mass is 10.1. The second-order valence-corrected chi connectivity index (χ2v) is 5.02. The van der Waals surface area contributed by atoms with Crippen LogP contribution in [0, 0.1) is 0 Å². The summed E-state index contributed by atoms with van der Waals surface area (Å²) in [4.78, 5) is 23.1. The third-order valence-corrected chi connectivity index (χ3v) is 3.27. The molecule has 6 nitrogen and oxygen atoms in total. The van der Waals surface area contributed by atoms with Gasteiger partial charge in [0, 0.05) is 31.8 Å². The summed E-state index contributed by atoms with van der Waals surface area (Å²) < 4.78 is 1.74. The van der Waals surface area contributed by atoms with Crippen molar-refractivity contribution >= 4 is 11.9 Å². The molecule has 0 aliphatic heterocycles. The summed E-state index contributed by atoms with van der Waals surface area (Å²) in [5.41, 5.74) is 0.881. The number of aryl methyl sites for hydroxylation is 1. The Labute approximate surface area is 128 Å². The molecule has 2 rings (SSSR count). The topological polar surface area (TPSA) is 84.2 Å². The quantitative estimate of drug-likeness (QED) is 0.773. The van der Waals surface area contributed by atoms with Crippen molar-refractivity contribution in [2.24, 2.45) is 0 Å². The van der Waals surface area contributed by atoms with E-state index in [0.29, 0.717) is 13.0 Å². The van der Waals surface area contributed by atoms with Gasteiger partial charge in [-0.2, -0.15) is 5.10 Å². The highest BCUT2D eigenvalue weighted by Gasteiger charge is 2.19. The van der Waals surface area contributed by atoms with Gasteiger partial charge in [-0.1, -0.05) is 30.3 Å². The fourth-order valence-corrected chi connectivity index (χ4v) is 2.15. The van der Waals surface area contributed by atoms with Crippen molar-refractivity contribution in [3.63, 3.8) is 0 Å². The van der Waals surface area contributed by atoms with Gasteiger partial charge in [-0.15, -0.1) is 0 Å². The zero-order valence-corrected chi connectivity index (χ0v) is 12.2. The highest BCUT2D eigenvalue weighted by atomic mass is 16.4. The highest BCUT2D eigenvalue weighted by Crippen LogP contribution is 2.04. The molecular formula is C16H19N3O3. The van der Waals surface area contributed by atoms with Crippen LogP contribution < -0.4 is 5.32 Å². The number of carbonyl (C=O) groups excluding carboxylic acids is 1. The lowest BCUT2D eigenvalue weighted by Gasteiger charge is -2.14. The van der Waals surface area contributed by atoms with Gasteiger partial charge in [-0.25, -0.2) is 4.79 Å². The molecule has 1 aromatic heterocycles. The minimum absolute atomic E-state index is 0.254. The summed E-state index contributed by atoms with van der Waals surface area (Å²) in [6.45, 7) is 0.636. The number of benzene rings is 1. The molecule has 0 bridgehead atoms. The van der Waals surface area contributed by atoms with Crippen LogP contribution in [0.5, 0.6) is 0 Å². The van der Waals surface area contributed by atoms with Gasteiger partial charge in [-0.3, -0.25) is 9.48 Å². The van der Waals surface area contributed by atoms with E-state index in [4.69, 9.17) is 0 Å². The monoisotopic (exact) mass is 301 g/mol. The third-order valence-electron chi connectivity index (χ3n) is 3.27. The number of nitrogens with zero attached hydrogens (tertiary/aromatic N) is 2. The maximum Gasteiger partial charge on any atom is 0.326 e. The van der Waals surface area contributed by atoms with Gasteiger partial charge < -0.3 is 10.4 Å². The van der Waals surface area contributed by atoms with Crippen LogP contribution in [0.1, 0.15) is 18.4 Å². The van der Waals surface area contributed by atoms with Crippen molar-refractivity contribution in [1.82, 2.24) is 15.1 Å². The molecule has 1 amide bonds. The second-order valence-electron chi connectivity index (χ2n) is 5.02. The summed E-state index contributed by atoms with van der Waals surface area (Å²) >= 11 is 0. The van der Waals surface area contributed by atoms with E-state index in [1.165, 1.54) is 0 Å². The number of carbonyl (C=O) groups is 2. The van der Waals surface area contributed by atoms with Crippen LogP contribution in [0.2, 0.25) is 0 Å². The molecular weight excluding hydrogens is 282 g/mol. The Balaban J connectivity index is 1.80. The maximum atomic E-state index is 11.9. The number of carboxylic acids is 1. The molecule has 6 heteroatoms. The van der Waals surface area contributed by atoms with E-state index in [1.807, 2.05) is 42.6 Å². The van der Waals surface area contributed by atoms with Gasteiger partial charge in [0.15, 0.2) is 0 Å². The minimum atomic E-state index is -1.02. The van der Waals surface area contributed by atoms with Crippen molar-refractivity contribution in [2.45, 2.75) is 31.8 Å². The summed E-state index contributed by atoms with van der Waals surface area (Å²) in [6.07, 6.45) is 4.68. The average molecular weight is 301 g/mol. The molecule has 22 heavy (non-hydrogen) atoms. The van der Waals surface area contributed by atoms with Crippen LogP contribution in [0.4, 0.5) is 0 Å². The molecule has 0 spiro atoms. The smallest absolute Gasteiger partial charge is 0.326 e. The molecule has 0 unspecified atom stereocenters. The lowest BCUT2D eigenvalue weighted by molar-refractivity contribution is -0.141. The Morgan fingerprint density at radius 1 is 1.23 bits per heavy atom. The number of hydrogen-bond donors (Lipinski definition) is 2. The molecule has 1 aromatic carbocycles. The molecule has 0 aliphatic carbocycles. The molecule has 2 aromatic rings. The number of amides is 1. The first-order valence-electron chi connectivity index (χ1n) is 7.18. The van der Waals surface area contributed by atoms with Crippen LogP contribution in [0.3, 0.4) is 0 Å². The van der Waals surface area contributed by atoms with Crippen LogP contribution in [0.25, 0.3) is 0 Å². The standard InChI is InChI=1S/C16H19N3O3/c20-15(8-4-10-19-11-5-9-17-19)18-14(16(21)22)12-13-6-2-1-3-7-13/h1-3,5-7,9,11,14H,4,8,10,12H2,(H,18,20)(H,21,22)/t14-/m1/s1. The summed E-state index contributed by atoms with van der Waals surface area (Å²) in [5.74, 6) is -1.28. The number of carboxylic acid groups (broad SMARTS) is 1. The van der Waals surface area contributed by atoms with E-state index in [-0.39, 0.29) is 18.7 Å². The van der Waals surface area contributed by atoms with Gasteiger partial charge in [0.05, 0.1) is 0 Å². The fraction of sp³-hybridized carbons (Fsp3) is 0.312. The van der Waals surface area contributed by atoms with Crippen molar-refractivity contribution in [2.75, 3.05) is 0 Å². The van der Waals surface area contributed by atoms with Crippen LogP contribution in [0.15, 0.2) is 48.8 Å². The number of nitrogens with one attached hydrogen (secondary N) is 1. The molecule has 0 saturated heterocycles. The normalized spacial score (nSPS) is 11.8. The van der Waals surface area contributed by atoms with E-state index < -0.39 is 12.0 Å². The molecule has 0 aliphatic rings. The summed E-state index contributed by atoms with van der Waals surface area (Å²) in [6, 6.07) is 10.2. The lowest BCUT2D eigenvalue weighted by Crippen LogP contribution is -2.42. The molecule has 1 heterocycles. The predicted molar refractivity (Wildman–Crippen MR) is 81.2 cm³/mol. The molecule has 2 N–H and O–H groups in total. The van der Waals surface area contributed by atoms with E-state index in [1.54, 1.807) is 10.9 Å². The van der Waals surface area contributed by atoms with Gasteiger partial charge in [0.25, 0.3) is 0 Å². The molecule has 0 saturated carbocycles. The summed E-state index contributed by atoms with van der Waals surface area (Å²) in [7, 11) is 0. The highest BCUT2D eigenvalue weighted by molar-refractivity contribution is 5.83. The van der Waals surface area contributed by atoms with Crippen molar-refractivity contribution in [3.8, 4) is 0 Å². The van der Waals surface area contributed by atoms with Crippen molar-refractivity contribution in [1.29, 1.82) is 0 Å². The van der Waals surface area contributed by atoms with Crippen LogP contribution >= 0.6 is 0 Å². The Hall–Kier alpha value is -2.63. The largest absolute Gasteiger partial charge is 0.480 e. The Morgan fingerprint density at radius 3 is 2.64 bits per heavy atom. The van der Waals surface area contributed by atoms with E-state index >= 15 is 0 Å². The minimum Gasteiger partial charge on any atom is -0.480 e. The zero-order valence-electron chi connectivity index (χ0n) is 12.2. The van der Waals surface area contributed by atoms with Gasteiger partial charge >= 0.3 is 5.97 Å². The first kappa shape index (κ1) is 15.8. The fourth-order valence-electron chi connectivity index (χ4n) is 2.15. The molecule has 0 fully saturated rings. The average Bonchev–Trinajstić information content (AvgIpc) is 3.01. The molecule has 1 atom stereocenters. The Morgan fingerprint density at radius 2 is 2.00 bits per heavy atom. The van der Waals surface area contributed by atoms with Crippen LogP contribution in [-0.2, 0) is 22.6 Å². The number of aromatic nitrogens is 2. The maximum absolute atomic E-state index is 11.9. The number of hydrogen-bond acceptors (Lipinski definition) is 3. The Bertz CT molecular complexity index is 596. The van der Waals surface area contributed by atoms with Gasteiger partial charge in [0.2, 0.25) is 5.91 Å². The van der Waals surface area contributed by atoms with Gasteiger partial charge in [-0.05, 0) is 18.1 Å². The molecule has 116 valence electrons. The van der Waals surface area contributed by atoms with Crippen LogP contribution in [-0.4, -0.2) is 32.8 Å². The first-order valence-corrected chi connectivity index (χ1v) is 7.18.